The minimum atomic E-state index is 1.30. The van der Waals surface area contributed by atoms with Crippen LogP contribution in [0.15, 0.2) is 23.6 Å². The van der Waals surface area contributed by atoms with E-state index in [1.165, 1.54) is 4.91 Å². The van der Waals surface area contributed by atoms with Crippen LogP contribution in [-0.4, -0.2) is 6.26 Å². The van der Waals surface area contributed by atoms with Crippen molar-refractivity contribution in [2.24, 2.45) is 0 Å². The molecule has 54 valence electrons. The molecular weight excluding hydrogens is 128 g/mol. The summed E-state index contributed by atoms with van der Waals surface area (Å²) in [5.41, 5.74) is 0. The van der Waals surface area contributed by atoms with Crippen LogP contribution in [0.4, 0.5) is 0 Å². The number of thioether (sulfide) groups is 1. The second-order valence-electron chi connectivity index (χ2n) is 1.22. The molecule has 0 amide bonds. The third-order valence-electron chi connectivity index (χ3n) is 0.675. The van der Waals surface area contributed by atoms with E-state index in [0.29, 0.717) is 0 Å². The molecule has 1 heteroatoms. The highest BCUT2D eigenvalue weighted by Gasteiger charge is 1.75. The Morgan fingerprint density at radius 3 is 2.00 bits per heavy atom. The van der Waals surface area contributed by atoms with Crippen molar-refractivity contribution in [2.45, 2.75) is 20.8 Å². The maximum atomic E-state index is 3.56. The zero-order valence-corrected chi connectivity index (χ0v) is 7.59. The van der Waals surface area contributed by atoms with E-state index in [1.54, 1.807) is 17.8 Å². The third kappa shape index (κ3) is 11.4. The van der Waals surface area contributed by atoms with Gasteiger partial charge in [0.15, 0.2) is 0 Å². The predicted octanol–water partition coefficient (Wildman–Crippen LogP) is 3.47. The molecule has 0 heterocycles. The molecule has 9 heavy (non-hydrogen) atoms. The first-order valence-electron chi connectivity index (χ1n) is 3.14. The second-order valence-corrected chi connectivity index (χ2v) is 2.27. The summed E-state index contributed by atoms with van der Waals surface area (Å²) in [4.78, 5) is 1.30. The van der Waals surface area contributed by atoms with Crippen molar-refractivity contribution in [3.63, 3.8) is 0 Å². The first kappa shape index (κ1) is 11.6. The molecule has 0 unspecified atom stereocenters. The second kappa shape index (κ2) is 10.7. The van der Waals surface area contributed by atoms with Gasteiger partial charge in [0.1, 0.15) is 0 Å². The van der Waals surface area contributed by atoms with E-state index < -0.39 is 0 Å². The topological polar surface area (TPSA) is 0 Å². The van der Waals surface area contributed by atoms with Gasteiger partial charge in [0.05, 0.1) is 0 Å². The van der Waals surface area contributed by atoms with Crippen molar-refractivity contribution < 1.29 is 0 Å². The average molecular weight is 144 g/mol. The van der Waals surface area contributed by atoms with Gasteiger partial charge < -0.3 is 0 Å². The summed E-state index contributed by atoms with van der Waals surface area (Å²) >= 11 is 1.74. The van der Waals surface area contributed by atoms with E-state index in [0.717, 1.165) is 0 Å². The number of allylic oxidation sites excluding steroid dienone is 3. The summed E-state index contributed by atoms with van der Waals surface area (Å²) < 4.78 is 0. The van der Waals surface area contributed by atoms with Gasteiger partial charge in [-0.15, -0.1) is 11.8 Å². The van der Waals surface area contributed by atoms with E-state index in [-0.39, 0.29) is 0 Å². The third-order valence-corrected chi connectivity index (χ3v) is 1.45. The molecule has 0 aromatic carbocycles. The highest BCUT2D eigenvalue weighted by Crippen LogP contribution is 2.07. The molecule has 0 atom stereocenters. The normalized spacial score (nSPS) is 9.56. The van der Waals surface area contributed by atoms with E-state index in [2.05, 4.69) is 19.8 Å². The van der Waals surface area contributed by atoms with Gasteiger partial charge in [-0.2, -0.15) is 0 Å². The fourth-order valence-electron chi connectivity index (χ4n) is 0.234. The van der Waals surface area contributed by atoms with Crippen LogP contribution in [0, 0.1) is 0 Å². The first-order valence-corrected chi connectivity index (χ1v) is 4.37. The summed E-state index contributed by atoms with van der Waals surface area (Å²) in [5.74, 6) is 0. The Morgan fingerprint density at radius 1 is 1.44 bits per heavy atom. The molecule has 0 aliphatic carbocycles. The summed E-state index contributed by atoms with van der Waals surface area (Å²) in [5, 5.41) is 0. The standard InChI is InChI=1S/C6H10S.C2H6/c1-4-5-6(2)7-3;1-2/h4-5H,1H2,2-3H3;1-2H3/b6-5-;. The van der Waals surface area contributed by atoms with Crippen LogP contribution in [0.25, 0.3) is 0 Å². The Bertz CT molecular complexity index is 82.6. The largest absolute Gasteiger partial charge is 0.134 e. The molecule has 0 aliphatic heterocycles. The maximum absolute atomic E-state index is 3.56. The van der Waals surface area contributed by atoms with Crippen LogP contribution in [0.5, 0.6) is 0 Å². The summed E-state index contributed by atoms with van der Waals surface area (Å²) in [6.45, 7) is 9.62. The molecular formula is C8H16S. The molecule has 0 saturated heterocycles. The van der Waals surface area contributed by atoms with E-state index >= 15 is 0 Å². The van der Waals surface area contributed by atoms with Gasteiger partial charge in [-0.05, 0) is 18.1 Å². The Hall–Kier alpha value is -0.170. The fraction of sp³-hybridized carbons (Fsp3) is 0.500. The molecule has 0 aliphatic rings. The Labute approximate surface area is 63.0 Å². The van der Waals surface area contributed by atoms with Crippen molar-refractivity contribution >= 4 is 11.8 Å². The first-order chi connectivity index (χ1) is 4.31. The van der Waals surface area contributed by atoms with Crippen molar-refractivity contribution in [1.82, 2.24) is 0 Å². The predicted molar refractivity (Wildman–Crippen MR) is 48.8 cm³/mol. The zero-order valence-electron chi connectivity index (χ0n) is 6.77. The van der Waals surface area contributed by atoms with Gasteiger partial charge in [-0.1, -0.05) is 32.6 Å². The van der Waals surface area contributed by atoms with Gasteiger partial charge >= 0.3 is 0 Å². The summed E-state index contributed by atoms with van der Waals surface area (Å²) in [7, 11) is 0. The van der Waals surface area contributed by atoms with Gasteiger partial charge in [0, 0.05) is 0 Å². The van der Waals surface area contributed by atoms with Gasteiger partial charge in [0.25, 0.3) is 0 Å². The SMILES string of the molecule is C=C/C=C(/C)SC.CC. The van der Waals surface area contributed by atoms with Gasteiger partial charge in [-0.25, -0.2) is 0 Å². The van der Waals surface area contributed by atoms with E-state index in [9.17, 15) is 0 Å². The lowest BCUT2D eigenvalue weighted by molar-refractivity contribution is 1.50. The lowest BCUT2D eigenvalue weighted by Gasteiger charge is -1.85. The number of hydrogen-bond acceptors (Lipinski definition) is 1. The minimum Gasteiger partial charge on any atom is -0.134 e. The van der Waals surface area contributed by atoms with Crippen LogP contribution < -0.4 is 0 Å². The van der Waals surface area contributed by atoms with Crippen LogP contribution in [-0.2, 0) is 0 Å². The summed E-state index contributed by atoms with van der Waals surface area (Å²) in [6.07, 6.45) is 5.84. The van der Waals surface area contributed by atoms with Crippen molar-refractivity contribution in [3.8, 4) is 0 Å². The number of hydrogen-bond donors (Lipinski definition) is 0. The van der Waals surface area contributed by atoms with E-state index in [1.807, 2.05) is 19.9 Å². The molecule has 0 rings (SSSR count). The van der Waals surface area contributed by atoms with Crippen molar-refractivity contribution in [2.75, 3.05) is 6.26 Å². The van der Waals surface area contributed by atoms with Crippen molar-refractivity contribution in [3.05, 3.63) is 23.6 Å². The highest BCUT2D eigenvalue weighted by molar-refractivity contribution is 8.02. The maximum Gasteiger partial charge on any atom is -0.0140 e. The molecule has 0 bridgehead atoms. The smallest absolute Gasteiger partial charge is 0.0140 e. The molecule has 0 N–H and O–H groups in total. The molecule has 0 saturated carbocycles. The van der Waals surface area contributed by atoms with Crippen LogP contribution >= 0.6 is 11.8 Å². The monoisotopic (exact) mass is 144 g/mol. The molecule has 0 aromatic heterocycles. The minimum absolute atomic E-state index is 1.30. The highest BCUT2D eigenvalue weighted by atomic mass is 32.2. The lowest BCUT2D eigenvalue weighted by Crippen LogP contribution is -1.58. The molecule has 0 spiro atoms. The average Bonchev–Trinajstić information content (AvgIpc) is 1.93. The number of rotatable bonds is 2. The van der Waals surface area contributed by atoms with E-state index in [4.69, 9.17) is 0 Å². The summed E-state index contributed by atoms with van der Waals surface area (Å²) in [6, 6.07) is 0. The van der Waals surface area contributed by atoms with Crippen molar-refractivity contribution in [1.29, 1.82) is 0 Å². The Kier molecular flexibility index (Phi) is 13.9. The quantitative estimate of drug-likeness (QED) is 0.535. The fourth-order valence-corrected chi connectivity index (χ4v) is 0.466. The zero-order chi connectivity index (χ0) is 7.70. The molecule has 0 fully saturated rings. The van der Waals surface area contributed by atoms with Crippen LogP contribution in [0.3, 0.4) is 0 Å². The molecule has 0 nitrogen and oxygen atoms in total. The molecule has 0 radical (unpaired) electrons. The molecule has 0 aromatic rings. The Morgan fingerprint density at radius 2 is 1.89 bits per heavy atom. The van der Waals surface area contributed by atoms with Gasteiger partial charge in [0.2, 0.25) is 0 Å². The van der Waals surface area contributed by atoms with Gasteiger partial charge in [-0.3, -0.25) is 0 Å². The van der Waals surface area contributed by atoms with Crippen LogP contribution in [0.1, 0.15) is 20.8 Å². The Balaban J connectivity index is 0. The lowest BCUT2D eigenvalue weighted by atomic mass is 10.5. The van der Waals surface area contributed by atoms with Crippen LogP contribution in [0.2, 0.25) is 0 Å².